The van der Waals surface area contributed by atoms with Crippen molar-refractivity contribution in [2.24, 2.45) is 28.2 Å². The number of nitrogens with one attached hydrogen (secondary N) is 1. The van der Waals surface area contributed by atoms with E-state index in [-0.39, 0.29) is 11.5 Å². The first-order valence-corrected chi connectivity index (χ1v) is 33.2. The van der Waals surface area contributed by atoms with E-state index >= 15 is 0 Å². The van der Waals surface area contributed by atoms with E-state index in [1.165, 1.54) is 67.3 Å². The second-order valence-electron chi connectivity index (χ2n) is 24.2. The summed E-state index contributed by atoms with van der Waals surface area (Å²) in [6.45, 7) is 12.4. The fraction of sp³-hybridized carbons (Fsp3) is 0.111. The number of nitrogens with zero attached hydrogens (tertiary/aromatic N) is 4. The highest BCUT2D eigenvalue weighted by atomic mass is 16.3. The van der Waals surface area contributed by atoms with E-state index in [4.69, 9.17) is 5.11 Å². The van der Waals surface area contributed by atoms with Gasteiger partial charge in [0.25, 0.3) is 0 Å². The van der Waals surface area contributed by atoms with Gasteiger partial charge in [-0.1, -0.05) is 157 Å². The average Bonchev–Trinajstić information content (AvgIpc) is 1.76. The van der Waals surface area contributed by atoms with Crippen LogP contribution in [-0.2, 0) is 28.2 Å². The van der Waals surface area contributed by atoms with Crippen molar-refractivity contribution in [3.05, 3.63) is 371 Å². The van der Waals surface area contributed by atoms with Gasteiger partial charge in [0, 0.05) is 111 Å². The lowest BCUT2D eigenvalue weighted by molar-refractivity contribution is -0.677. The molecule has 0 aliphatic carbocycles. The number of hydrogen-bond donors (Lipinski definition) is 3. The van der Waals surface area contributed by atoms with Crippen molar-refractivity contribution in [1.82, 2.24) is 4.98 Å². The van der Waals surface area contributed by atoms with E-state index in [0.717, 1.165) is 92.4 Å². The number of aromatic nitrogens is 5. The average molecular weight is 1370 g/mol. The normalized spacial score (nSPS) is 9.77. The Kier molecular flexibility index (Phi) is 32.3. The molecule has 5 heterocycles. The lowest BCUT2D eigenvalue weighted by atomic mass is 10.1. The molecule has 0 aliphatic rings. The Balaban J connectivity index is 0.000000181. The predicted molar refractivity (Wildman–Crippen MR) is 415 cm³/mol. The third kappa shape index (κ3) is 27.0. The van der Waals surface area contributed by atoms with Gasteiger partial charge in [-0.05, 0) is 151 Å². The Hall–Kier alpha value is -13.0. The van der Waals surface area contributed by atoms with E-state index < -0.39 is 0 Å². The number of rotatable bonds is 6. The van der Waals surface area contributed by atoms with Crippen molar-refractivity contribution >= 4 is 91.8 Å². The molecule has 103 heavy (non-hydrogen) atoms. The van der Waals surface area contributed by atoms with Crippen LogP contribution in [0.4, 0.5) is 0 Å². The van der Waals surface area contributed by atoms with E-state index in [2.05, 4.69) is 135 Å². The lowest BCUT2D eigenvalue weighted by Crippen LogP contribution is -2.30. The Labute approximate surface area is 603 Å². The number of carbonyl (C=O) groups excluding carboxylic acids is 6. The molecular formula is C90H89N5O8+4. The Bertz CT molecular complexity index is 4970. The standard InChI is InChI=1S/C12H10O.C11H12N.C11H8O2.C11H8O.C9H7NO.C8H8O.3C7H10N.C7H6O2/c1-9-2-4-12-7-10(8-13)3-5-11(12)6-9;1-9-7-8-12(2)11-6-4-3-5-10(9)11;12-7-8-1-2-10-6-11(13)4-3-9(10)5-8;12-8-9-5-6-10-3-1-2-4-11(10)7-9;11-6-7-5-10-9-4-2-1-3-8(7)9;1-7-2-4-8(6-9)5-3-7;1-7-3-5-8(2)6-4-7;1-7-4-3-5-8(2)6-7;1-7-5-3-4-6-8(7)2;8-5-6-1-3-7(9)4-2-6/h2-8H,1H3;3-8H,1-2H3;1-7,13H;1-8H;1-6,10H;2-6H,1H3;3*3-6H,1-2H3;1-5,9H/q;+1;;;;;3*+1;. The maximum atomic E-state index is 10.5. The first-order chi connectivity index (χ1) is 49.7. The lowest BCUT2D eigenvalue weighted by Gasteiger charge is -1.99. The molecule has 5 aromatic heterocycles. The molecule has 0 radical (unpaired) electrons. The van der Waals surface area contributed by atoms with Gasteiger partial charge in [-0.15, -0.1) is 0 Å². The van der Waals surface area contributed by atoms with Crippen molar-refractivity contribution in [3.8, 4) is 11.5 Å². The van der Waals surface area contributed by atoms with Crippen LogP contribution in [-0.4, -0.2) is 52.9 Å². The summed E-state index contributed by atoms with van der Waals surface area (Å²) in [6, 6.07) is 82.3. The van der Waals surface area contributed by atoms with Crippen molar-refractivity contribution < 1.29 is 57.2 Å². The van der Waals surface area contributed by atoms with E-state index in [1.807, 2.05) is 202 Å². The second kappa shape index (κ2) is 42.1. The molecule has 15 aromatic rings. The number of fused-ring (bicyclic) bond motifs is 5. The van der Waals surface area contributed by atoms with Crippen molar-refractivity contribution in [2.45, 2.75) is 41.5 Å². The minimum atomic E-state index is 0.181. The Morgan fingerprint density at radius 1 is 0.311 bits per heavy atom. The molecule has 13 nitrogen and oxygen atoms in total. The summed E-state index contributed by atoms with van der Waals surface area (Å²) in [6.07, 6.45) is 19.0. The molecule has 13 heteroatoms. The molecule has 15 rings (SSSR count). The minimum Gasteiger partial charge on any atom is -0.508 e. The molecule has 518 valence electrons. The van der Waals surface area contributed by atoms with Gasteiger partial charge < -0.3 is 15.2 Å². The van der Waals surface area contributed by atoms with Crippen molar-refractivity contribution in [2.75, 3.05) is 0 Å². The van der Waals surface area contributed by atoms with Crippen LogP contribution in [0.25, 0.3) is 54.1 Å². The topological polar surface area (TPSA) is 174 Å². The first kappa shape index (κ1) is 79.0. The summed E-state index contributed by atoms with van der Waals surface area (Å²) in [7, 11) is 8.14. The number of aryl methyl sites for hydroxylation is 10. The van der Waals surface area contributed by atoms with Crippen LogP contribution < -0.4 is 18.3 Å². The zero-order valence-electron chi connectivity index (χ0n) is 60.0. The van der Waals surface area contributed by atoms with Gasteiger partial charge in [-0.25, -0.2) is 18.3 Å². The minimum absolute atomic E-state index is 0.181. The van der Waals surface area contributed by atoms with Gasteiger partial charge >= 0.3 is 0 Å². The highest BCUT2D eigenvalue weighted by molar-refractivity contribution is 5.97. The number of aldehydes is 6. The number of hydrogen-bond acceptors (Lipinski definition) is 8. The van der Waals surface area contributed by atoms with Gasteiger partial charge in [-0.3, -0.25) is 28.8 Å². The molecule has 0 atom stereocenters. The number of aromatic hydroxyl groups is 2. The third-order valence-corrected chi connectivity index (χ3v) is 15.8. The fourth-order valence-corrected chi connectivity index (χ4v) is 9.88. The summed E-state index contributed by atoms with van der Waals surface area (Å²) in [5.74, 6) is 0.423. The molecule has 0 amide bonds. The van der Waals surface area contributed by atoms with Crippen molar-refractivity contribution in [1.29, 1.82) is 0 Å². The van der Waals surface area contributed by atoms with Gasteiger partial charge in [0.05, 0.1) is 0 Å². The highest BCUT2D eigenvalue weighted by Crippen LogP contribution is 2.22. The zero-order chi connectivity index (χ0) is 74.5. The second-order valence-corrected chi connectivity index (χ2v) is 24.2. The number of aromatic amines is 1. The zero-order valence-corrected chi connectivity index (χ0v) is 60.0. The quantitative estimate of drug-likeness (QED) is 0.109. The fourth-order valence-electron chi connectivity index (χ4n) is 9.88. The van der Waals surface area contributed by atoms with Gasteiger partial charge in [-0.2, -0.15) is 0 Å². The number of carbonyl (C=O) groups is 6. The summed E-state index contributed by atoms with van der Waals surface area (Å²) in [4.78, 5) is 65.1. The predicted octanol–water partition coefficient (Wildman–Crippen LogP) is 17.4. The molecule has 0 unspecified atom stereocenters. The summed E-state index contributed by atoms with van der Waals surface area (Å²) < 4.78 is 8.28. The summed E-state index contributed by atoms with van der Waals surface area (Å²) in [5, 5.41) is 26.7. The monoisotopic (exact) mass is 1370 g/mol. The van der Waals surface area contributed by atoms with Crippen LogP contribution >= 0.6 is 0 Å². The molecular weight excluding hydrogens is 1280 g/mol. The van der Waals surface area contributed by atoms with E-state index in [9.17, 15) is 33.9 Å². The Morgan fingerprint density at radius 2 is 0.767 bits per heavy atom. The molecule has 0 saturated heterocycles. The smallest absolute Gasteiger partial charge is 0.212 e. The first-order valence-electron chi connectivity index (χ1n) is 33.2. The van der Waals surface area contributed by atoms with E-state index in [1.54, 1.807) is 48.7 Å². The summed E-state index contributed by atoms with van der Waals surface area (Å²) >= 11 is 0. The van der Waals surface area contributed by atoms with Gasteiger partial charge in [0.2, 0.25) is 5.52 Å². The number of para-hydroxylation sites is 2. The van der Waals surface area contributed by atoms with Crippen LogP contribution in [0.3, 0.4) is 0 Å². The van der Waals surface area contributed by atoms with E-state index in [0.29, 0.717) is 11.1 Å². The molecule has 0 spiro atoms. The SMILES string of the molecule is Cc1cc[n+](C)c2ccccc12.Cc1cc[n+](C)cc1.Cc1ccc(C=O)cc1.Cc1ccc2cc(C=O)ccc2c1.Cc1ccc[n+](C)c1.Cc1cccc[n+]1C.O=Cc1c[nH]c2ccccc12.O=Cc1ccc(O)cc1.O=Cc1ccc2cc(O)ccc2c1.O=Cc1ccc2ccccc2c1. The molecule has 10 aromatic carbocycles. The van der Waals surface area contributed by atoms with Crippen LogP contribution in [0, 0.1) is 41.5 Å². The largest absolute Gasteiger partial charge is 0.508 e. The molecule has 0 bridgehead atoms. The van der Waals surface area contributed by atoms with Crippen LogP contribution in [0.2, 0.25) is 0 Å². The number of H-pyrrole nitrogens is 1. The number of phenols is 2. The Morgan fingerprint density at radius 3 is 1.29 bits per heavy atom. The third-order valence-electron chi connectivity index (χ3n) is 15.8. The van der Waals surface area contributed by atoms with Crippen LogP contribution in [0.1, 0.15) is 95.7 Å². The van der Waals surface area contributed by atoms with Crippen LogP contribution in [0.5, 0.6) is 11.5 Å². The molecule has 0 saturated carbocycles. The number of pyridine rings is 4. The molecule has 0 fully saturated rings. The maximum absolute atomic E-state index is 10.5. The van der Waals surface area contributed by atoms with Crippen molar-refractivity contribution in [3.63, 3.8) is 0 Å². The van der Waals surface area contributed by atoms with Gasteiger partial charge in [0.15, 0.2) is 49.2 Å². The van der Waals surface area contributed by atoms with Crippen LogP contribution in [0.15, 0.2) is 304 Å². The maximum Gasteiger partial charge on any atom is 0.212 e. The molecule has 3 N–H and O–H groups in total. The number of phenolic OH excluding ortho intramolecular Hbond substituents is 2. The summed E-state index contributed by atoms with van der Waals surface area (Å²) in [5.41, 5.74) is 14.1. The number of benzene rings is 10. The molecule has 0 aliphatic heterocycles. The van der Waals surface area contributed by atoms with Gasteiger partial charge in [0.1, 0.15) is 71.1 Å². The highest BCUT2D eigenvalue weighted by Gasteiger charge is 2.05.